The molecule has 4 rings (SSSR count). The zero-order valence-electron chi connectivity index (χ0n) is 16.0. The Hall–Kier alpha value is -2.46. The highest BCUT2D eigenvalue weighted by Gasteiger charge is 2.34. The Kier molecular flexibility index (Phi) is 5.58. The minimum atomic E-state index is -0.788. The molecule has 3 nitrogen and oxygen atoms in total. The molecular formula is C25H27NO2. The first-order valence-corrected chi connectivity index (χ1v) is 9.98. The quantitative estimate of drug-likeness (QED) is 0.698. The van der Waals surface area contributed by atoms with E-state index in [2.05, 4.69) is 41.3 Å². The van der Waals surface area contributed by atoms with Gasteiger partial charge in [0, 0.05) is 19.6 Å². The average molecular weight is 373 g/mol. The van der Waals surface area contributed by atoms with Crippen LogP contribution in [0.3, 0.4) is 0 Å². The zero-order chi connectivity index (χ0) is 19.4. The maximum Gasteiger partial charge on any atom is 0.0920 e. The Morgan fingerprint density at radius 3 is 1.89 bits per heavy atom. The summed E-state index contributed by atoms with van der Waals surface area (Å²) >= 11 is 0. The van der Waals surface area contributed by atoms with E-state index < -0.39 is 11.7 Å². The van der Waals surface area contributed by atoms with Gasteiger partial charge < -0.3 is 15.1 Å². The molecule has 1 aliphatic rings. The number of hydrogen-bond donors (Lipinski definition) is 2. The van der Waals surface area contributed by atoms with E-state index in [4.69, 9.17) is 0 Å². The number of rotatable bonds is 5. The fourth-order valence-electron chi connectivity index (χ4n) is 4.02. The third-order valence-corrected chi connectivity index (χ3v) is 5.83. The van der Waals surface area contributed by atoms with E-state index in [1.54, 1.807) is 0 Å². The number of aliphatic hydroxyl groups excluding tert-OH is 1. The maximum atomic E-state index is 11.2. The van der Waals surface area contributed by atoms with E-state index in [0.29, 0.717) is 19.4 Å². The lowest BCUT2D eigenvalue weighted by Gasteiger charge is -2.39. The molecule has 3 aromatic rings. The summed E-state index contributed by atoms with van der Waals surface area (Å²) in [6.07, 6.45) is 0.871. The SMILES string of the molecule is OC(CN1CCC(O)(c2ccc(-c3ccccc3)cc2)CC1)c1ccccc1. The first-order chi connectivity index (χ1) is 13.6. The van der Waals surface area contributed by atoms with E-state index >= 15 is 0 Å². The first kappa shape index (κ1) is 18.9. The lowest BCUT2D eigenvalue weighted by atomic mass is 9.83. The number of likely N-dealkylation sites (tertiary alicyclic amines) is 1. The summed E-state index contributed by atoms with van der Waals surface area (Å²) in [5, 5.41) is 21.6. The average Bonchev–Trinajstić information content (AvgIpc) is 2.77. The predicted octanol–water partition coefficient (Wildman–Crippen LogP) is 4.37. The molecule has 1 aliphatic heterocycles. The summed E-state index contributed by atoms with van der Waals surface area (Å²) in [4.78, 5) is 2.24. The van der Waals surface area contributed by atoms with Crippen LogP contribution in [0.25, 0.3) is 11.1 Å². The largest absolute Gasteiger partial charge is 0.387 e. The molecular weight excluding hydrogens is 346 g/mol. The van der Waals surface area contributed by atoms with Crippen molar-refractivity contribution in [2.75, 3.05) is 19.6 Å². The highest BCUT2D eigenvalue weighted by Crippen LogP contribution is 2.34. The number of benzene rings is 3. The van der Waals surface area contributed by atoms with Gasteiger partial charge in [0.05, 0.1) is 11.7 Å². The van der Waals surface area contributed by atoms with E-state index in [0.717, 1.165) is 29.8 Å². The number of hydrogen-bond acceptors (Lipinski definition) is 3. The Bertz CT molecular complexity index is 869. The van der Waals surface area contributed by atoms with Crippen LogP contribution in [-0.2, 0) is 5.60 Å². The molecule has 1 fully saturated rings. The van der Waals surface area contributed by atoms with Crippen molar-refractivity contribution in [2.24, 2.45) is 0 Å². The molecule has 28 heavy (non-hydrogen) atoms. The summed E-state index contributed by atoms with van der Waals surface area (Å²) in [5.74, 6) is 0. The molecule has 0 radical (unpaired) electrons. The van der Waals surface area contributed by atoms with Gasteiger partial charge in [0.2, 0.25) is 0 Å². The zero-order valence-corrected chi connectivity index (χ0v) is 16.0. The number of piperidine rings is 1. The third kappa shape index (κ3) is 4.17. The lowest BCUT2D eigenvalue weighted by molar-refractivity contribution is -0.0344. The molecule has 0 amide bonds. The van der Waals surface area contributed by atoms with Crippen molar-refractivity contribution in [3.8, 4) is 11.1 Å². The highest BCUT2D eigenvalue weighted by atomic mass is 16.3. The van der Waals surface area contributed by atoms with E-state index in [1.807, 2.05) is 48.5 Å². The second-order valence-corrected chi connectivity index (χ2v) is 7.70. The molecule has 0 spiro atoms. The summed E-state index contributed by atoms with van der Waals surface area (Å²) < 4.78 is 0. The minimum Gasteiger partial charge on any atom is -0.387 e. The van der Waals surface area contributed by atoms with Crippen LogP contribution in [-0.4, -0.2) is 34.7 Å². The summed E-state index contributed by atoms with van der Waals surface area (Å²) in [6, 6.07) is 28.4. The molecule has 0 aliphatic carbocycles. The molecule has 3 heteroatoms. The van der Waals surface area contributed by atoms with Gasteiger partial charge in [0.1, 0.15) is 0 Å². The van der Waals surface area contributed by atoms with Crippen LogP contribution >= 0.6 is 0 Å². The van der Waals surface area contributed by atoms with Gasteiger partial charge in [-0.05, 0) is 35.1 Å². The van der Waals surface area contributed by atoms with Crippen molar-refractivity contribution in [3.63, 3.8) is 0 Å². The van der Waals surface area contributed by atoms with Gasteiger partial charge in [-0.25, -0.2) is 0 Å². The van der Waals surface area contributed by atoms with Crippen molar-refractivity contribution >= 4 is 0 Å². The van der Waals surface area contributed by atoms with Crippen LogP contribution < -0.4 is 0 Å². The molecule has 1 atom stereocenters. The monoisotopic (exact) mass is 373 g/mol. The molecule has 0 bridgehead atoms. The maximum absolute atomic E-state index is 11.2. The van der Waals surface area contributed by atoms with Gasteiger partial charge >= 0.3 is 0 Å². The van der Waals surface area contributed by atoms with E-state index in [1.165, 1.54) is 5.56 Å². The van der Waals surface area contributed by atoms with Crippen molar-refractivity contribution in [1.82, 2.24) is 4.90 Å². The van der Waals surface area contributed by atoms with Gasteiger partial charge in [-0.15, -0.1) is 0 Å². The minimum absolute atomic E-state index is 0.488. The molecule has 1 heterocycles. The van der Waals surface area contributed by atoms with Crippen LogP contribution in [0.4, 0.5) is 0 Å². The number of β-amino-alcohol motifs (C(OH)–C–C–N with tert-alkyl or cyclic N) is 1. The normalized spacial score (nSPS) is 17.9. The van der Waals surface area contributed by atoms with Gasteiger partial charge in [-0.3, -0.25) is 0 Å². The van der Waals surface area contributed by atoms with E-state index in [-0.39, 0.29) is 0 Å². The first-order valence-electron chi connectivity index (χ1n) is 9.98. The predicted molar refractivity (Wildman–Crippen MR) is 113 cm³/mol. The van der Waals surface area contributed by atoms with Gasteiger partial charge in [-0.2, -0.15) is 0 Å². The van der Waals surface area contributed by atoms with Crippen molar-refractivity contribution in [3.05, 3.63) is 96.1 Å². The van der Waals surface area contributed by atoms with Crippen LogP contribution in [0.15, 0.2) is 84.9 Å². The lowest BCUT2D eigenvalue weighted by Crippen LogP contribution is -2.43. The molecule has 1 saturated heterocycles. The molecule has 2 N–H and O–H groups in total. The standard InChI is InChI=1S/C25H27NO2/c27-24(22-9-5-2-6-10-22)19-26-17-15-25(28,16-18-26)23-13-11-21(12-14-23)20-7-3-1-4-8-20/h1-14,24,27-28H,15-19H2. The number of nitrogens with zero attached hydrogens (tertiary/aromatic N) is 1. The van der Waals surface area contributed by atoms with Gasteiger partial charge in [-0.1, -0.05) is 84.9 Å². The fourth-order valence-corrected chi connectivity index (χ4v) is 4.02. The highest BCUT2D eigenvalue weighted by molar-refractivity contribution is 5.63. The van der Waals surface area contributed by atoms with Gasteiger partial charge in [0.25, 0.3) is 0 Å². The molecule has 1 unspecified atom stereocenters. The smallest absolute Gasteiger partial charge is 0.0920 e. The summed E-state index contributed by atoms with van der Waals surface area (Å²) in [5.41, 5.74) is 3.49. The molecule has 3 aromatic carbocycles. The van der Waals surface area contributed by atoms with Gasteiger partial charge in [0.15, 0.2) is 0 Å². The molecule has 0 saturated carbocycles. The summed E-state index contributed by atoms with van der Waals surface area (Å²) in [7, 11) is 0. The Morgan fingerprint density at radius 2 is 1.29 bits per heavy atom. The Labute approximate surface area is 166 Å². The van der Waals surface area contributed by atoms with Crippen LogP contribution in [0, 0.1) is 0 Å². The second-order valence-electron chi connectivity index (χ2n) is 7.70. The van der Waals surface area contributed by atoms with Crippen molar-refractivity contribution in [2.45, 2.75) is 24.5 Å². The van der Waals surface area contributed by atoms with Crippen LogP contribution in [0.2, 0.25) is 0 Å². The third-order valence-electron chi connectivity index (χ3n) is 5.83. The molecule has 144 valence electrons. The Balaban J connectivity index is 1.38. The Morgan fingerprint density at radius 1 is 0.750 bits per heavy atom. The van der Waals surface area contributed by atoms with Crippen LogP contribution in [0.5, 0.6) is 0 Å². The summed E-state index contributed by atoms with van der Waals surface area (Å²) in [6.45, 7) is 2.16. The van der Waals surface area contributed by atoms with E-state index in [9.17, 15) is 10.2 Å². The molecule has 0 aromatic heterocycles. The van der Waals surface area contributed by atoms with Crippen molar-refractivity contribution < 1.29 is 10.2 Å². The topological polar surface area (TPSA) is 43.7 Å². The number of aliphatic hydroxyl groups is 2. The van der Waals surface area contributed by atoms with Crippen LogP contribution in [0.1, 0.15) is 30.1 Å². The fraction of sp³-hybridized carbons (Fsp3) is 0.280. The van der Waals surface area contributed by atoms with Crippen molar-refractivity contribution in [1.29, 1.82) is 0 Å². The second kappa shape index (κ2) is 8.27.